The Labute approximate surface area is 218 Å². The molecule has 0 spiro atoms. The maximum atomic E-state index is 9.91. The molecule has 38 heavy (non-hydrogen) atoms. The molecule has 2 heterocycles. The third-order valence-corrected chi connectivity index (χ3v) is 5.56. The highest BCUT2D eigenvalue weighted by atomic mass is 16.3. The van der Waals surface area contributed by atoms with Gasteiger partial charge in [0.1, 0.15) is 22.9 Å². The molecule has 0 saturated carbocycles. The number of benzene rings is 4. The van der Waals surface area contributed by atoms with Crippen molar-refractivity contribution in [1.29, 1.82) is 0 Å². The van der Waals surface area contributed by atoms with E-state index in [1.807, 2.05) is 84.9 Å². The minimum atomic E-state index is 0.110. The number of hydrogen-bond donors (Lipinski definition) is 2. The molecule has 0 aliphatic carbocycles. The molecule has 0 bridgehead atoms. The Morgan fingerprint density at radius 1 is 0.421 bits per heavy atom. The number of aromatic hydroxyl groups is 2. The molecule has 4 aromatic carbocycles. The molecule has 8 nitrogen and oxygen atoms in total. The summed E-state index contributed by atoms with van der Waals surface area (Å²) in [5.41, 5.74) is 0.924. The Kier molecular flexibility index (Phi) is 7.32. The van der Waals surface area contributed by atoms with Crippen molar-refractivity contribution in [1.82, 2.24) is 9.97 Å². The van der Waals surface area contributed by atoms with Crippen LogP contribution in [0.15, 0.2) is 142 Å². The highest BCUT2D eigenvalue weighted by Crippen LogP contribution is 2.36. The van der Waals surface area contributed by atoms with Gasteiger partial charge in [0.05, 0.1) is 0 Å². The van der Waals surface area contributed by atoms with Crippen LogP contribution in [-0.2, 0) is 0 Å². The number of rotatable bonds is 4. The number of hydrogen-bond acceptors (Lipinski definition) is 8. The molecule has 8 heteroatoms. The van der Waals surface area contributed by atoms with E-state index in [0.29, 0.717) is 23.0 Å². The van der Waals surface area contributed by atoms with E-state index in [4.69, 9.17) is 0 Å². The van der Waals surface area contributed by atoms with Gasteiger partial charge >= 0.3 is 0 Å². The molecule has 6 aromatic rings. The molecule has 0 aliphatic rings. The molecule has 2 aromatic heterocycles. The Morgan fingerprint density at radius 2 is 0.842 bits per heavy atom. The first kappa shape index (κ1) is 24.2. The number of pyridine rings is 2. The van der Waals surface area contributed by atoms with Crippen molar-refractivity contribution in [2.45, 2.75) is 0 Å². The van der Waals surface area contributed by atoms with Crippen LogP contribution in [0.2, 0.25) is 0 Å². The van der Waals surface area contributed by atoms with Crippen LogP contribution in [0.5, 0.6) is 11.5 Å². The predicted octanol–water partition coefficient (Wildman–Crippen LogP) is 8.71. The summed E-state index contributed by atoms with van der Waals surface area (Å²) in [5.74, 6) is 1.24. The molecule has 184 valence electrons. The van der Waals surface area contributed by atoms with Crippen LogP contribution < -0.4 is 0 Å². The van der Waals surface area contributed by atoms with Gasteiger partial charge in [-0.1, -0.05) is 72.8 Å². The van der Waals surface area contributed by atoms with Crippen LogP contribution in [0.25, 0.3) is 21.5 Å². The van der Waals surface area contributed by atoms with Crippen LogP contribution in [0.1, 0.15) is 0 Å². The second kappa shape index (κ2) is 11.5. The maximum absolute atomic E-state index is 9.91. The predicted molar refractivity (Wildman–Crippen MR) is 148 cm³/mol. The highest BCUT2D eigenvalue weighted by molar-refractivity contribution is 5.96. The molecule has 0 fully saturated rings. The smallest absolute Gasteiger partial charge is 0.174 e. The van der Waals surface area contributed by atoms with Crippen molar-refractivity contribution in [3.05, 3.63) is 122 Å². The first-order valence-electron chi connectivity index (χ1n) is 11.8. The van der Waals surface area contributed by atoms with Crippen molar-refractivity contribution in [3.8, 4) is 11.5 Å². The summed E-state index contributed by atoms with van der Waals surface area (Å²) in [7, 11) is 0. The van der Waals surface area contributed by atoms with Crippen LogP contribution >= 0.6 is 0 Å². The number of phenolic OH excluding ortho intramolecular Hbond substituents is 2. The molecular weight excluding hydrogens is 476 g/mol. The van der Waals surface area contributed by atoms with Gasteiger partial charge in [0.15, 0.2) is 11.6 Å². The molecule has 0 saturated heterocycles. The Morgan fingerprint density at radius 3 is 1.26 bits per heavy atom. The normalized spacial score (nSPS) is 11.2. The minimum Gasteiger partial charge on any atom is -0.506 e. The van der Waals surface area contributed by atoms with Crippen molar-refractivity contribution < 1.29 is 10.2 Å². The lowest BCUT2D eigenvalue weighted by atomic mass is 10.1. The zero-order valence-corrected chi connectivity index (χ0v) is 20.1. The first-order valence-corrected chi connectivity index (χ1v) is 11.8. The van der Waals surface area contributed by atoms with Gasteiger partial charge in [0.2, 0.25) is 0 Å². The Balaban J connectivity index is 0.000000155. The van der Waals surface area contributed by atoms with E-state index in [1.54, 1.807) is 36.7 Å². The average molecular weight is 499 g/mol. The van der Waals surface area contributed by atoms with E-state index < -0.39 is 0 Å². The van der Waals surface area contributed by atoms with Gasteiger partial charge < -0.3 is 10.2 Å². The lowest BCUT2D eigenvalue weighted by molar-refractivity contribution is 0.476. The topological polar surface area (TPSA) is 116 Å². The lowest BCUT2D eigenvalue weighted by Crippen LogP contribution is -1.75. The number of fused-ring (bicyclic) bond motifs is 2. The number of aromatic nitrogens is 2. The summed E-state index contributed by atoms with van der Waals surface area (Å²) in [6, 6.07) is 33.2. The van der Waals surface area contributed by atoms with Crippen LogP contribution in [0.4, 0.5) is 23.0 Å². The van der Waals surface area contributed by atoms with E-state index in [-0.39, 0.29) is 11.5 Å². The summed E-state index contributed by atoms with van der Waals surface area (Å²) in [6.45, 7) is 0. The third-order valence-electron chi connectivity index (χ3n) is 5.56. The number of azo groups is 2. The second-order valence-corrected chi connectivity index (χ2v) is 8.08. The summed E-state index contributed by atoms with van der Waals surface area (Å²) < 4.78 is 0. The van der Waals surface area contributed by atoms with E-state index >= 15 is 0 Å². The van der Waals surface area contributed by atoms with Crippen LogP contribution in [-0.4, -0.2) is 20.2 Å². The van der Waals surface area contributed by atoms with E-state index in [0.717, 1.165) is 21.5 Å². The standard InChI is InChI=1S/2C15H11N3O/c2*19-13-9-8-11-5-1-2-6-12(11)15(13)18-17-14-7-3-4-10-16-14/h2*1-10,19H. The summed E-state index contributed by atoms with van der Waals surface area (Å²) in [4.78, 5) is 8.12. The van der Waals surface area contributed by atoms with E-state index in [1.165, 1.54) is 0 Å². The van der Waals surface area contributed by atoms with Crippen molar-refractivity contribution in [2.75, 3.05) is 0 Å². The largest absolute Gasteiger partial charge is 0.506 e. The lowest BCUT2D eigenvalue weighted by Gasteiger charge is -2.03. The minimum absolute atomic E-state index is 0.110. The van der Waals surface area contributed by atoms with E-state index in [2.05, 4.69) is 30.4 Å². The zero-order chi connectivity index (χ0) is 26.2. The van der Waals surface area contributed by atoms with Crippen molar-refractivity contribution in [2.24, 2.45) is 20.5 Å². The molecule has 2 N–H and O–H groups in total. The SMILES string of the molecule is Oc1ccc2ccccc2c1N=Nc1ccccn1.Oc1ccc2ccccc2c1N=Nc1ccccn1. The molecular formula is C30H22N6O2. The number of phenols is 2. The molecule has 0 atom stereocenters. The van der Waals surface area contributed by atoms with Gasteiger partial charge in [0.25, 0.3) is 0 Å². The summed E-state index contributed by atoms with van der Waals surface area (Å²) in [5, 5.41) is 39.9. The zero-order valence-electron chi connectivity index (χ0n) is 20.1. The fourth-order valence-electron chi connectivity index (χ4n) is 3.73. The molecule has 0 amide bonds. The number of nitrogens with zero attached hydrogens (tertiary/aromatic N) is 6. The Hall–Kier alpha value is -5.50. The van der Waals surface area contributed by atoms with Crippen LogP contribution in [0.3, 0.4) is 0 Å². The maximum Gasteiger partial charge on any atom is 0.174 e. The van der Waals surface area contributed by atoms with Gasteiger partial charge in [-0.05, 0) is 47.2 Å². The Bertz CT molecular complexity index is 1610. The third kappa shape index (κ3) is 5.66. The quantitative estimate of drug-likeness (QED) is 0.236. The first-order chi connectivity index (χ1) is 18.7. The average Bonchev–Trinajstić information content (AvgIpc) is 2.97. The second-order valence-electron chi connectivity index (χ2n) is 8.08. The monoisotopic (exact) mass is 498 g/mol. The molecule has 0 unspecified atom stereocenters. The van der Waals surface area contributed by atoms with Gasteiger partial charge in [-0.2, -0.15) is 0 Å². The van der Waals surface area contributed by atoms with E-state index in [9.17, 15) is 10.2 Å². The summed E-state index contributed by atoms with van der Waals surface area (Å²) >= 11 is 0. The fourth-order valence-corrected chi connectivity index (χ4v) is 3.73. The van der Waals surface area contributed by atoms with Crippen molar-refractivity contribution in [3.63, 3.8) is 0 Å². The van der Waals surface area contributed by atoms with Gasteiger partial charge in [0, 0.05) is 23.2 Å². The van der Waals surface area contributed by atoms with Gasteiger partial charge in [-0.3, -0.25) is 0 Å². The molecule has 6 rings (SSSR count). The van der Waals surface area contributed by atoms with Gasteiger partial charge in [-0.15, -0.1) is 20.5 Å². The molecule has 0 aliphatic heterocycles. The van der Waals surface area contributed by atoms with Crippen LogP contribution in [0, 0.1) is 0 Å². The fraction of sp³-hybridized carbons (Fsp3) is 0. The highest BCUT2D eigenvalue weighted by Gasteiger charge is 2.06. The molecule has 0 radical (unpaired) electrons. The van der Waals surface area contributed by atoms with Crippen molar-refractivity contribution >= 4 is 44.6 Å². The summed E-state index contributed by atoms with van der Waals surface area (Å²) in [6.07, 6.45) is 3.30. The van der Waals surface area contributed by atoms with Gasteiger partial charge in [-0.25, -0.2) is 9.97 Å².